The normalized spacial score (nSPS) is 14.3. The van der Waals surface area contributed by atoms with Gasteiger partial charge in [0.05, 0.1) is 4.92 Å². The van der Waals surface area contributed by atoms with E-state index in [2.05, 4.69) is 10.6 Å². The Morgan fingerprint density at radius 3 is 2.44 bits per heavy atom. The molecule has 0 saturated carbocycles. The third kappa shape index (κ3) is 4.84. The third-order valence-corrected chi connectivity index (χ3v) is 6.06. The molecule has 184 valence electrons. The molecule has 1 aliphatic rings. The maximum Gasteiger partial charge on any atom is 0.329 e. The lowest BCUT2D eigenvalue weighted by atomic mass is 10.2. The molecular weight excluding hydrogens is 486 g/mol. The largest absolute Gasteiger partial charge is 0.329 e. The lowest BCUT2D eigenvalue weighted by molar-refractivity contribution is -0.384. The van der Waals surface area contributed by atoms with Crippen LogP contribution < -0.4 is 10.6 Å². The Bertz CT molecular complexity index is 1440. The molecular formula is C25H22ClN5O5. The number of halogens is 1. The number of anilines is 1. The van der Waals surface area contributed by atoms with Crippen LogP contribution in [0, 0.1) is 30.9 Å². The van der Waals surface area contributed by atoms with E-state index in [0.717, 1.165) is 21.9 Å². The quantitative estimate of drug-likeness (QED) is 0.220. The van der Waals surface area contributed by atoms with Gasteiger partial charge in [-0.05, 0) is 62.7 Å². The van der Waals surface area contributed by atoms with Crippen LogP contribution >= 0.6 is 11.6 Å². The van der Waals surface area contributed by atoms with Crippen LogP contribution in [0.1, 0.15) is 22.5 Å². The van der Waals surface area contributed by atoms with E-state index in [1.165, 1.54) is 18.2 Å². The molecule has 0 aliphatic carbocycles. The molecule has 4 rings (SSSR count). The molecule has 1 aliphatic heterocycles. The van der Waals surface area contributed by atoms with Gasteiger partial charge in [0, 0.05) is 28.8 Å². The fraction of sp³-hybridized carbons (Fsp3) is 0.160. The van der Waals surface area contributed by atoms with Crippen molar-refractivity contribution in [3.8, 4) is 5.69 Å². The van der Waals surface area contributed by atoms with Gasteiger partial charge in [-0.25, -0.2) is 9.69 Å². The molecule has 0 atom stereocenters. The highest BCUT2D eigenvalue weighted by molar-refractivity contribution is 6.32. The third-order valence-electron chi connectivity index (χ3n) is 5.76. The number of nitrogens with zero attached hydrogens (tertiary/aromatic N) is 3. The number of nitro groups is 1. The molecule has 0 spiro atoms. The van der Waals surface area contributed by atoms with Crippen LogP contribution in [0.2, 0.25) is 5.02 Å². The lowest BCUT2D eigenvalue weighted by Gasteiger charge is -2.12. The first-order valence-corrected chi connectivity index (χ1v) is 11.3. The number of amides is 4. The highest BCUT2D eigenvalue weighted by Crippen LogP contribution is 2.30. The van der Waals surface area contributed by atoms with Crippen molar-refractivity contribution in [3.05, 3.63) is 91.9 Å². The van der Waals surface area contributed by atoms with E-state index in [0.29, 0.717) is 16.9 Å². The fourth-order valence-electron chi connectivity index (χ4n) is 3.97. The summed E-state index contributed by atoms with van der Waals surface area (Å²) in [6.07, 6.45) is 1.53. The van der Waals surface area contributed by atoms with E-state index in [4.69, 9.17) is 11.6 Å². The molecule has 2 N–H and O–H groups in total. The van der Waals surface area contributed by atoms with E-state index in [9.17, 15) is 24.5 Å². The summed E-state index contributed by atoms with van der Waals surface area (Å²) < 4.78 is 1.83. The average molecular weight is 508 g/mol. The van der Waals surface area contributed by atoms with E-state index >= 15 is 0 Å². The first-order valence-electron chi connectivity index (χ1n) is 10.9. The Morgan fingerprint density at radius 1 is 1.11 bits per heavy atom. The second kappa shape index (κ2) is 9.67. The van der Waals surface area contributed by atoms with E-state index in [1.807, 2.05) is 43.5 Å². The number of urea groups is 1. The molecule has 0 radical (unpaired) electrons. The van der Waals surface area contributed by atoms with Gasteiger partial charge in [-0.15, -0.1) is 0 Å². The first kappa shape index (κ1) is 24.7. The monoisotopic (exact) mass is 507 g/mol. The Hall–Kier alpha value is -4.44. The Labute approximate surface area is 211 Å². The molecule has 10 nitrogen and oxygen atoms in total. The van der Waals surface area contributed by atoms with Gasteiger partial charge in [0.25, 0.3) is 11.6 Å². The number of rotatable bonds is 6. The van der Waals surface area contributed by atoms with E-state index < -0.39 is 29.3 Å². The minimum atomic E-state index is -0.693. The van der Waals surface area contributed by atoms with E-state index in [1.54, 1.807) is 18.2 Å². The molecule has 1 aromatic heterocycles. The van der Waals surface area contributed by atoms with Crippen LogP contribution in [-0.4, -0.2) is 38.8 Å². The zero-order valence-electron chi connectivity index (χ0n) is 19.7. The summed E-state index contributed by atoms with van der Waals surface area (Å²) in [6.45, 7) is 5.13. The molecule has 11 heteroatoms. The number of nitrogens with one attached hydrogen (secondary N) is 2. The van der Waals surface area contributed by atoms with Crippen LogP contribution in [0.15, 0.2) is 54.2 Å². The summed E-state index contributed by atoms with van der Waals surface area (Å²) in [5.74, 6) is -1.13. The molecule has 2 aromatic carbocycles. The van der Waals surface area contributed by atoms with Crippen molar-refractivity contribution in [2.45, 2.75) is 20.8 Å². The maximum absolute atomic E-state index is 12.9. The van der Waals surface area contributed by atoms with Crippen molar-refractivity contribution in [1.82, 2.24) is 14.8 Å². The highest BCUT2D eigenvalue weighted by Gasteiger charge is 2.35. The van der Waals surface area contributed by atoms with Gasteiger partial charge in [-0.1, -0.05) is 29.3 Å². The topological polar surface area (TPSA) is 127 Å². The first-order chi connectivity index (χ1) is 17.0. The number of hydrogen-bond donors (Lipinski definition) is 2. The minimum absolute atomic E-state index is 0.00249. The fourth-order valence-corrected chi connectivity index (χ4v) is 4.21. The number of aromatic nitrogens is 1. The standard InChI is InChI=1S/C25H22ClN5O5/c1-14-4-6-18(7-5-14)27-23(32)13-29-24(33)21(28-25(29)34)11-17-10-15(2)30(16(17)3)19-8-9-22(31(35)36)20(26)12-19/h4-12H,13H2,1-3H3,(H,27,32)(H,28,34)/b21-11+. The number of carbonyl (C=O) groups is 3. The number of nitro benzene ring substituents is 1. The van der Waals surface area contributed by atoms with Gasteiger partial charge in [0.2, 0.25) is 5.91 Å². The number of hydrogen-bond acceptors (Lipinski definition) is 5. The zero-order valence-corrected chi connectivity index (χ0v) is 20.4. The predicted octanol–water partition coefficient (Wildman–Crippen LogP) is 4.50. The molecule has 0 bridgehead atoms. The van der Waals surface area contributed by atoms with Gasteiger partial charge in [-0.2, -0.15) is 0 Å². The molecule has 0 unspecified atom stereocenters. The van der Waals surface area contributed by atoms with Gasteiger partial charge < -0.3 is 15.2 Å². The van der Waals surface area contributed by atoms with Crippen LogP contribution in [-0.2, 0) is 9.59 Å². The van der Waals surface area contributed by atoms with Crippen LogP contribution in [0.4, 0.5) is 16.2 Å². The van der Waals surface area contributed by atoms with Crippen molar-refractivity contribution in [2.75, 3.05) is 11.9 Å². The van der Waals surface area contributed by atoms with Gasteiger partial charge in [0.15, 0.2) is 0 Å². The number of aryl methyl sites for hydroxylation is 2. The minimum Gasteiger partial charge on any atom is -0.325 e. The second-order valence-corrected chi connectivity index (χ2v) is 8.76. The molecule has 36 heavy (non-hydrogen) atoms. The Kier molecular flexibility index (Phi) is 6.63. The predicted molar refractivity (Wildman–Crippen MR) is 135 cm³/mol. The van der Waals surface area contributed by atoms with Crippen LogP contribution in [0.25, 0.3) is 11.8 Å². The Morgan fingerprint density at radius 2 is 1.81 bits per heavy atom. The van der Waals surface area contributed by atoms with Crippen molar-refractivity contribution >= 4 is 46.9 Å². The van der Waals surface area contributed by atoms with Crippen LogP contribution in [0.3, 0.4) is 0 Å². The van der Waals surface area contributed by atoms with Gasteiger partial charge in [-0.3, -0.25) is 19.7 Å². The molecule has 1 fully saturated rings. The zero-order chi connectivity index (χ0) is 26.1. The summed E-state index contributed by atoms with van der Waals surface area (Å²) >= 11 is 6.08. The summed E-state index contributed by atoms with van der Waals surface area (Å²) in [5.41, 5.74) is 4.21. The summed E-state index contributed by atoms with van der Waals surface area (Å²) in [7, 11) is 0. The van der Waals surface area contributed by atoms with Crippen molar-refractivity contribution < 1.29 is 19.3 Å². The molecule has 1 saturated heterocycles. The van der Waals surface area contributed by atoms with Gasteiger partial charge >= 0.3 is 6.03 Å². The smallest absolute Gasteiger partial charge is 0.325 e. The number of carbonyl (C=O) groups excluding carboxylic acids is 3. The van der Waals surface area contributed by atoms with Crippen molar-refractivity contribution in [2.24, 2.45) is 0 Å². The van der Waals surface area contributed by atoms with E-state index in [-0.39, 0.29) is 16.4 Å². The van der Waals surface area contributed by atoms with Crippen molar-refractivity contribution in [3.63, 3.8) is 0 Å². The SMILES string of the molecule is Cc1ccc(NC(=O)CN2C(=O)N/C(=C/c3cc(C)n(-c4ccc([N+](=O)[O-])c(Cl)c4)c3C)C2=O)cc1. The van der Waals surface area contributed by atoms with Crippen LogP contribution in [0.5, 0.6) is 0 Å². The Balaban J connectivity index is 1.54. The lowest BCUT2D eigenvalue weighted by Crippen LogP contribution is -2.38. The summed E-state index contributed by atoms with van der Waals surface area (Å²) in [6, 6.07) is 12.7. The van der Waals surface area contributed by atoms with Crippen molar-refractivity contribution in [1.29, 1.82) is 0 Å². The highest BCUT2D eigenvalue weighted by atomic mass is 35.5. The average Bonchev–Trinajstić information content (AvgIpc) is 3.24. The maximum atomic E-state index is 12.9. The molecule has 4 amide bonds. The number of benzene rings is 2. The van der Waals surface area contributed by atoms with Gasteiger partial charge in [0.1, 0.15) is 17.3 Å². The number of imide groups is 1. The summed E-state index contributed by atoms with van der Waals surface area (Å²) in [4.78, 5) is 49.0. The molecule has 2 heterocycles. The molecule has 3 aromatic rings. The summed E-state index contributed by atoms with van der Waals surface area (Å²) in [5, 5.41) is 16.3. The second-order valence-electron chi connectivity index (χ2n) is 8.35.